The molecule has 0 radical (unpaired) electrons. The predicted molar refractivity (Wildman–Crippen MR) is 88.7 cm³/mol. The van der Waals surface area contributed by atoms with E-state index in [0.29, 0.717) is 18.8 Å². The summed E-state index contributed by atoms with van der Waals surface area (Å²) in [5.41, 5.74) is 0.863. The average molecular weight is 314 g/mol. The summed E-state index contributed by atoms with van der Waals surface area (Å²) in [5, 5.41) is 9.39. The summed E-state index contributed by atoms with van der Waals surface area (Å²) in [6.07, 6.45) is 0.347. The first-order chi connectivity index (χ1) is 10.9. The molecule has 23 heavy (non-hydrogen) atoms. The van der Waals surface area contributed by atoms with Crippen LogP contribution in [-0.4, -0.2) is 23.3 Å². The number of aryl methyl sites for hydroxylation is 1. The highest BCUT2D eigenvalue weighted by molar-refractivity contribution is 5.80. The quantitative estimate of drug-likeness (QED) is 0.827. The van der Waals surface area contributed by atoms with Crippen LogP contribution in [0.3, 0.4) is 0 Å². The Labute approximate surface area is 136 Å². The predicted octanol–water partition coefficient (Wildman–Crippen LogP) is 3.64. The number of hydrogen-bond acceptors (Lipinski definition) is 4. The fourth-order valence-corrected chi connectivity index (χ4v) is 2.30. The SMILES string of the molecule is CCOC(=O)C(C)(Cc1ccc(O)cc1)Oc1ccc(C)cc1. The van der Waals surface area contributed by atoms with E-state index in [-0.39, 0.29) is 5.75 Å². The van der Waals surface area contributed by atoms with Crippen molar-refractivity contribution in [3.8, 4) is 11.5 Å². The Morgan fingerprint density at radius 2 is 1.70 bits per heavy atom. The van der Waals surface area contributed by atoms with E-state index >= 15 is 0 Å². The van der Waals surface area contributed by atoms with Crippen LogP contribution in [0.5, 0.6) is 11.5 Å². The molecule has 2 rings (SSSR count). The molecule has 4 nitrogen and oxygen atoms in total. The molecule has 1 unspecified atom stereocenters. The first-order valence-electron chi connectivity index (χ1n) is 7.64. The number of rotatable bonds is 6. The normalized spacial score (nSPS) is 13.2. The molecule has 0 aliphatic rings. The van der Waals surface area contributed by atoms with Gasteiger partial charge >= 0.3 is 5.97 Å². The van der Waals surface area contributed by atoms with Crippen molar-refractivity contribution in [2.45, 2.75) is 32.8 Å². The Morgan fingerprint density at radius 3 is 2.26 bits per heavy atom. The van der Waals surface area contributed by atoms with Crippen LogP contribution in [0, 0.1) is 6.92 Å². The Hall–Kier alpha value is -2.49. The maximum atomic E-state index is 12.4. The molecule has 122 valence electrons. The van der Waals surface area contributed by atoms with Crippen molar-refractivity contribution in [3.63, 3.8) is 0 Å². The third kappa shape index (κ3) is 4.49. The van der Waals surface area contributed by atoms with Gasteiger partial charge < -0.3 is 14.6 Å². The summed E-state index contributed by atoms with van der Waals surface area (Å²) in [4.78, 5) is 12.4. The molecule has 0 heterocycles. The van der Waals surface area contributed by atoms with E-state index in [0.717, 1.165) is 11.1 Å². The van der Waals surface area contributed by atoms with Gasteiger partial charge in [0, 0.05) is 6.42 Å². The molecule has 1 atom stereocenters. The fourth-order valence-electron chi connectivity index (χ4n) is 2.30. The number of carbonyl (C=O) groups is 1. The maximum absolute atomic E-state index is 12.4. The van der Waals surface area contributed by atoms with Crippen LogP contribution >= 0.6 is 0 Å². The molecule has 0 spiro atoms. The van der Waals surface area contributed by atoms with Gasteiger partial charge in [0.25, 0.3) is 0 Å². The first-order valence-corrected chi connectivity index (χ1v) is 7.64. The molecule has 0 aliphatic carbocycles. The van der Waals surface area contributed by atoms with Gasteiger partial charge in [0.2, 0.25) is 5.60 Å². The van der Waals surface area contributed by atoms with Crippen LogP contribution in [0.1, 0.15) is 25.0 Å². The molecule has 0 fully saturated rings. The third-order valence-electron chi connectivity index (χ3n) is 3.55. The number of ether oxygens (including phenoxy) is 2. The molecule has 0 bridgehead atoms. The summed E-state index contributed by atoms with van der Waals surface area (Å²) < 4.78 is 11.2. The van der Waals surface area contributed by atoms with E-state index in [4.69, 9.17) is 9.47 Å². The standard InChI is InChI=1S/C19H22O4/c1-4-22-18(21)19(3,13-15-7-9-16(20)10-8-15)23-17-11-5-14(2)6-12-17/h5-12,20H,4,13H2,1-3H3. The topological polar surface area (TPSA) is 55.8 Å². The van der Waals surface area contributed by atoms with Crippen molar-refractivity contribution in [1.29, 1.82) is 0 Å². The fraction of sp³-hybridized carbons (Fsp3) is 0.316. The van der Waals surface area contributed by atoms with Gasteiger partial charge in [-0.2, -0.15) is 0 Å². The minimum Gasteiger partial charge on any atom is -0.508 e. The molecule has 1 N–H and O–H groups in total. The molecule has 0 saturated carbocycles. The van der Waals surface area contributed by atoms with Crippen molar-refractivity contribution in [1.82, 2.24) is 0 Å². The highest BCUT2D eigenvalue weighted by Gasteiger charge is 2.37. The zero-order valence-corrected chi connectivity index (χ0v) is 13.7. The summed E-state index contributed by atoms with van der Waals surface area (Å²) in [6.45, 7) is 5.77. The number of esters is 1. The minimum atomic E-state index is -1.14. The molecule has 2 aromatic rings. The van der Waals surface area contributed by atoms with Crippen molar-refractivity contribution in [3.05, 3.63) is 59.7 Å². The summed E-state index contributed by atoms with van der Waals surface area (Å²) in [5.74, 6) is 0.393. The van der Waals surface area contributed by atoms with Gasteiger partial charge in [-0.1, -0.05) is 29.8 Å². The van der Waals surface area contributed by atoms with Crippen LogP contribution in [0.4, 0.5) is 0 Å². The largest absolute Gasteiger partial charge is 0.508 e. The van der Waals surface area contributed by atoms with Crippen molar-refractivity contribution in [2.75, 3.05) is 6.61 Å². The van der Waals surface area contributed by atoms with Crippen LogP contribution < -0.4 is 4.74 Å². The van der Waals surface area contributed by atoms with Crippen LogP contribution in [0.25, 0.3) is 0 Å². The van der Waals surface area contributed by atoms with Crippen molar-refractivity contribution >= 4 is 5.97 Å². The molecule has 2 aromatic carbocycles. The second kappa shape index (κ2) is 7.18. The van der Waals surface area contributed by atoms with E-state index in [9.17, 15) is 9.90 Å². The summed E-state index contributed by atoms with van der Waals surface area (Å²) in [7, 11) is 0. The molecule has 0 aliphatic heterocycles. The molecular weight excluding hydrogens is 292 g/mol. The lowest BCUT2D eigenvalue weighted by Crippen LogP contribution is -2.45. The molecule has 0 amide bonds. The van der Waals surface area contributed by atoms with Gasteiger partial charge in [-0.15, -0.1) is 0 Å². The highest BCUT2D eigenvalue weighted by Crippen LogP contribution is 2.25. The minimum absolute atomic E-state index is 0.186. The zero-order chi connectivity index (χ0) is 16.9. The van der Waals surface area contributed by atoms with Gasteiger partial charge in [-0.05, 0) is 50.6 Å². The molecule has 4 heteroatoms. The van der Waals surface area contributed by atoms with Crippen LogP contribution in [-0.2, 0) is 16.0 Å². The third-order valence-corrected chi connectivity index (χ3v) is 3.55. The molecular formula is C19H22O4. The van der Waals surface area contributed by atoms with Crippen LogP contribution in [0.2, 0.25) is 0 Å². The Bertz CT molecular complexity index is 597. The number of hydrogen-bond donors (Lipinski definition) is 1. The number of aromatic hydroxyl groups is 1. The second-order valence-electron chi connectivity index (χ2n) is 5.71. The van der Waals surface area contributed by atoms with Gasteiger partial charge in [0.05, 0.1) is 6.61 Å². The number of phenolic OH excluding ortho intramolecular Hbond substituents is 1. The Morgan fingerprint density at radius 1 is 1.09 bits per heavy atom. The summed E-state index contributed by atoms with van der Waals surface area (Å²) >= 11 is 0. The van der Waals surface area contributed by atoms with Crippen LogP contribution in [0.15, 0.2) is 48.5 Å². The lowest BCUT2D eigenvalue weighted by Gasteiger charge is -2.28. The van der Waals surface area contributed by atoms with E-state index < -0.39 is 11.6 Å². The number of phenols is 1. The highest BCUT2D eigenvalue weighted by atomic mass is 16.6. The van der Waals surface area contributed by atoms with Gasteiger partial charge in [0.15, 0.2) is 0 Å². The Balaban J connectivity index is 2.25. The molecule has 0 aromatic heterocycles. The zero-order valence-electron chi connectivity index (χ0n) is 13.7. The van der Waals surface area contributed by atoms with E-state index in [2.05, 4.69) is 0 Å². The van der Waals surface area contributed by atoms with Gasteiger partial charge in [-0.3, -0.25) is 0 Å². The monoisotopic (exact) mass is 314 g/mol. The lowest BCUT2D eigenvalue weighted by atomic mass is 9.96. The van der Waals surface area contributed by atoms with E-state index in [1.54, 1.807) is 38.1 Å². The van der Waals surface area contributed by atoms with Gasteiger partial charge in [0.1, 0.15) is 11.5 Å². The van der Waals surface area contributed by atoms with Gasteiger partial charge in [-0.25, -0.2) is 4.79 Å². The average Bonchev–Trinajstić information content (AvgIpc) is 2.52. The molecule has 0 saturated heterocycles. The van der Waals surface area contributed by atoms with Crippen molar-refractivity contribution in [2.24, 2.45) is 0 Å². The van der Waals surface area contributed by atoms with Crippen molar-refractivity contribution < 1.29 is 19.4 Å². The van der Waals surface area contributed by atoms with E-state index in [1.165, 1.54) is 0 Å². The first kappa shape index (κ1) is 16.9. The number of carbonyl (C=O) groups excluding carboxylic acids is 1. The lowest BCUT2D eigenvalue weighted by molar-refractivity contribution is -0.160. The second-order valence-corrected chi connectivity index (χ2v) is 5.71. The smallest absolute Gasteiger partial charge is 0.350 e. The number of benzene rings is 2. The maximum Gasteiger partial charge on any atom is 0.350 e. The van der Waals surface area contributed by atoms with E-state index in [1.807, 2.05) is 31.2 Å². The Kier molecular flexibility index (Phi) is 5.27. The summed E-state index contributed by atoms with van der Waals surface area (Å²) in [6, 6.07) is 14.3.